The Morgan fingerprint density at radius 2 is 1.67 bits per heavy atom. The molecule has 3 aromatic rings. The lowest BCUT2D eigenvalue weighted by Gasteiger charge is -2.10. The van der Waals surface area contributed by atoms with E-state index in [2.05, 4.69) is 52.0 Å². The van der Waals surface area contributed by atoms with Gasteiger partial charge in [-0.3, -0.25) is 0 Å². The van der Waals surface area contributed by atoms with Crippen LogP contribution in [0.2, 0.25) is 0 Å². The van der Waals surface area contributed by atoms with Crippen molar-refractivity contribution in [1.82, 2.24) is 20.2 Å². The molecule has 0 aliphatic heterocycles. The largest absolute Gasteiger partial charge is 0.349 e. The molecule has 0 radical (unpaired) electrons. The first-order chi connectivity index (χ1) is 10.4. The van der Waals surface area contributed by atoms with E-state index >= 15 is 0 Å². The van der Waals surface area contributed by atoms with Crippen LogP contribution in [-0.2, 0) is 13.0 Å². The van der Waals surface area contributed by atoms with E-state index in [1.807, 2.05) is 30.3 Å². The van der Waals surface area contributed by atoms with Gasteiger partial charge in [0, 0.05) is 6.54 Å². The van der Waals surface area contributed by atoms with Gasteiger partial charge in [-0.2, -0.15) is 4.68 Å². The van der Waals surface area contributed by atoms with Crippen molar-refractivity contribution in [2.45, 2.75) is 19.9 Å². The van der Waals surface area contributed by atoms with Gasteiger partial charge in [-0.1, -0.05) is 54.5 Å². The number of nitrogens with zero attached hydrogens (tertiary/aromatic N) is 4. The Morgan fingerprint density at radius 3 is 2.43 bits per heavy atom. The molecule has 1 heterocycles. The van der Waals surface area contributed by atoms with Gasteiger partial charge >= 0.3 is 0 Å². The number of aryl methyl sites for hydroxylation is 1. The van der Waals surface area contributed by atoms with Crippen LogP contribution in [-0.4, -0.2) is 20.2 Å². The van der Waals surface area contributed by atoms with Crippen LogP contribution in [0.3, 0.4) is 0 Å². The first-order valence-electron chi connectivity index (χ1n) is 7.03. The molecule has 0 saturated carbocycles. The Kier molecular flexibility index (Phi) is 3.91. The Hall–Kier alpha value is -2.69. The lowest BCUT2D eigenvalue weighted by Crippen LogP contribution is -2.08. The molecular formula is C16H17N5. The Morgan fingerprint density at radius 1 is 0.952 bits per heavy atom. The Labute approximate surface area is 123 Å². The smallest absolute Gasteiger partial charge is 0.248 e. The molecule has 0 bridgehead atoms. The number of tetrazole rings is 1. The molecule has 0 spiro atoms. The normalized spacial score (nSPS) is 10.5. The van der Waals surface area contributed by atoms with Crippen LogP contribution in [0.5, 0.6) is 0 Å². The lowest BCUT2D eigenvalue weighted by molar-refractivity contribution is 0.789. The molecule has 1 aromatic heterocycles. The van der Waals surface area contributed by atoms with Gasteiger partial charge in [-0.05, 0) is 40.1 Å². The average molecular weight is 279 g/mol. The van der Waals surface area contributed by atoms with Crippen molar-refractivity contribution in [3.8, 4) is 5.69 Å². The zero-order valence-electron chi connectivity index (χ0n) is 11.9. The van der Waals surface area contributed by atoms with Gasteiger partial charge in [0.15, 0.2) is 0 Å². The molecule has 2 aromatic carbocycles. The quantitative estimate of drug-likeness (QED) is 0.780. The highest BCUT2D eigenvalue weighted by atomic mass is 15.6. The van der Waals surface area contributed by atoms with E-state index in [4.69, 9.17) is 0 Å². The zero-order valence-corrected chi connectivity index (χ0v) is 11.9. The third-order valence-corrected chi connectivity index (χ3v) is 3.41. The Bertz CT molecular complexity index is 705. The van der Waals surface area contributed by atoms with Gasteiger partial charge in [-0.25, -0.2) is 0 Å². The maximum atomic E-state index is 4.05. The molecule has 0 aliphatic carbocycles. The molecule has 0 saturated heterocycles. The fourth-order valence-electron chi connectivity index (χ4n) is 2.29. The summed E-state index contributed by atoms with van der Waals surface area (Å²) in [5, 5.41) is 15.2. The van der Waals surface area contributed by atoms with E-state index in [0.717, 1.165) is 12.1 Å². The number of aromatic nitrogens is 4. The second-order valence-corrected chi connectivity index (χ2v) is 4.73. The SMILES string of the molecule is CCc1ccccc1CNc1nnnn1-c1ccccc1. The fourth-order valence-corrected chi connectivity index (χ4v) is 2.29. The first kappa shape index (κ1) is 13.3. The van der Waals surface area contributed by atoms with Gasteiger partial charge < -0.3 is 5.32 Å². The molecule has 5 heteroatoms. The highest BCUT2D eigenvalue weighted by Gasteiger charge is 2.08. The molecule has 3 rings (SSSR count). The van der Waals surface area contributed by atoms with Crippen LogP contribution >= 0.6 is 0 Å². The molecular weight excluding hydrogens is 262 g/mol. The van der Waals surface area contributed by atoms with Gasteiger partial charge in [0.2, 0.25) is 5.95 Å². The molecule has 0 unspecified atom stereocenters. The number of nitrogens with one attached hydrogen (secondary N) is 1. The van der Waals surface area contributed by atoms with E-state index in [0.29, 0.717) is 12.5 Å². The topological polar surface area (TPSA) is 55.6 Å². The van der Waals surface area contributed by atoms with Crippen LogP contribution in [0.4, 0.5) is 5.95 Å². The monoisotopic (exact) mass is 279 g/mol. The Balaban J connectivity index is 1.79. The summed E-state index contributed by atoms with van der Waals surface area (Å²) in [6.07, 6.45) is 1.02. The zero-order chi connectivity index (χ0) is 14.5. The number of anilines is 1. The molecule has 5 nitrogen and oxygen atoms in total. The summed E-state index contributed by atoms with van der Waals surface area (Å²) in [7, 11) is 0. The minimum Gasteiger partial charge on any atom is -0.349 e. The van der Waals surface area contributed by atoms with Gasteiger partial charge in [0.05, 0.1) is 5.69 Å². The highest BCUT2D eigenvalue weighted by molar-refractivity contribution is 5.39. The standard InChI is InChI=1S/C16H17N5/c1-2-13-8-6-7-9-14(13)12-17-16-18-19-20-21(16)15-10-4-3-5-11-15/h3-11H,2,12H2,1H3,(H,17,18,20). The van der Waals surface area contributed by atoms with Crippen molar-refractivity contribution in [2.24, 2.45) is 0 Å². The summed E-state index contributed by atoms with van der Waals surface area (Å²) >= 11 is 0. The van der Waals surface area contributed by atoms with Gasteiger partial charge in [0.1, 0.15) is 0 Å². The maximum Gasteiger partial charge on any atom is 0.248 e. The van der Waals surface area contributed by atoms with Crippen molar-refractivity contribution >= 4 is 5.95 Å². The molecule has 21 heavy (non-hydrogen) atoms. The summed E-state index contributed by atoms with van der Waals surface area (Å²) in [5.41, 5.74) is 3.54. The molecule has 0 atom stereocenters. The molecule has 1 N–H and O–H groups in total. The predicted octanol–water partition coefficient (Wildman–Crippen LogP) is 2.84. The average Bonchev–Trinajstić information content (AvgIpc) is 3.02. The van der Waals surface area contributed by atoms with E-state index < -0.39 is 0 Å². The van der Waals surface area contributed by atoms with E-state index in [9.17, 15) is 0 Å². The maximum absolute atomic E-state index is 4.05. The fraction of sp³-hybridized carbons (Fsp3) is 0.188. The van der Waals surface area contributed by atoms with E-state index in [1.54, 1.807) is 4.68 Å². The number of benzene rings is 2. The van der Waals surface area contributed by atoms with Crippen molar-refractivity contribution in [1.29, 1.82) is 0 Å². The van der Waals surface area contributed by atoms with E-state index in [1.165, 1.54) is 11.1 Å². The van der Waals surface area contributed by atoms with Gasteiger partial charge in [-0.15, -0.1) is 0 Å². The number of para-hydroxylation sites is 1. The highest BCUT2D eigenvalue weighted by Crippen LogP contribution is 2.14. The molecule has 0 fully saturated rings. The van der Waals surface area contributed by atoms with Gasteiger partial charge in [0.25, 0.3) is 0 Å². The van der Waals surface area contributed by atoms with Crippen molar-refractivity contribution in [2.75, 3.05) is 5.32 Å². The summed E-state index contributed by atoms with van der Waals surface area (Å²) in [6, 6.07) is 18.2. The second-order valence-electron chi connectivity index (χ2n) is 4.73. The van der Waals surface area contributed by atoms with E-state index in [-0.39, 0.29) is 0 Å². The van der Waals surface area contributed by atoms with Crippen LogP contribution < -0.4 is 5.32 Å². The van der Waals surface area contributed by atoms with Crippen molar-refractivity contribution in [3.05, 3.63) is 65.7 Å². The third kappa shape index (κ3) is 2.91. The summed E-state index contributed by atoms with van der Waals surface area (Å²) < 4.78 is 1.70. The second kappa shape index (κ2) is 6.17. The summed E-state index contributed by atoms with van der Waals surface area (Å²) in [4.78, 5) is 0. The predicted molar refractivity (Wildman–Crippen MR) is 82.3 cm³/mol. The summed E-state index contributed by atoms with van der Waals surface area (Å²) in [6.45, 7) is 2.87. The third-order valence-electron chi connectivity index (χ3n) is 3.41. The number of rotatable bonds is 5. The lowest BCUT2D eigenvalue weighted by atomic mass is 10.1. The summed E-state index contributed by atoms with van der Waals surface area (Å²) in [5.74, 6) is 0.645. The minimum absolute atomic E-state index is 0.645. The van der Waals surface area contributed by atoms with Crippen molar-refractivity contribution in [3.63, 3.8) is 0 Å². The minimum atomic E-state index is 0.645. The molecule has 0 amide bonds. The van der Waals surface area contributed by atoms with Crippen LogP contribution in [0, 0.1) is 0 Å². The number of hydrogen-bond acceptors (Lipinski definition) is 4. The van der Waals surface area contributed by atoms with Crippen LogP contribution in [0.15, 0.2) is 54.6 Å². The van der Waals surface area contributed by atoms with Crippen molar-refractivity contribution < 1.29 is 0 Å². The first-order valence-corrected chi connectivity index (χ1v) is 7.03. The van der Waals surface area contributed by atoms with Crippen LogP contribution in [0.25, 0.3) is 5.69 Å². The molecule has 106 valence electrons. The number of hydrogen-bond donors (Lipinski definition) is 1. The molecule has 0 aliphatic rings. The van der Waals surface area contributed by atoms with Crippen LogP contribution in [0.1, 0.15) is 18.1 Å².